The summed E-state index contributed by atoms with van der Waals surface area (Å²) in [5.41, 5.74) is -0.818. The summed E-state index contributed by atoms with van der Waals surface area (Å²) in [4.78, 5) is 21.1. The molecule has 0 bridgehead atoms. The van der Waals surface area contributed by atoms with Gasteiger partial charge in [-0.25, -0.2) is 8.78 Å². The maximum absolute atomic E-state index is 12.7. The lowest BCUT2D eigenvalue weighted by atomic mass is 9.98. The molecule has 4 nitrogen and oxygen atoms in total. The Balaban J connectivity index is 3.53. The first kappa shape index (κ1) is 13.2. The third-order valence-corrected chi connectivity index (χ3v) is 2.44. The second kappa shape index (κ2) is 4.99. The minimum Gasteiger partial charge on any atom is -0.295 e. The summed E-state index contributed by atoms with van der Waals surface area (Å²) in [6, 6.07) is 1.97. The zero-order valence-electron chi connectivity index (χ0n) is 9.37. The highest BCUT2D eigenvalue weighted by Crippen LogP contribution is 2.32. The summed E-state index contributed by atoms with van der Waals surface area (Å²) in [7, 11) is 0. The molecule has 0 spiro atoms. The van der Waals surface area contributed by atoms with Crippen molar-refractivity contribution in [2.75, 3.05) is 0 Å². The average Bonchev–Trinajstić information content (AvgIpc) is 2.26. The predicted molar refractivity (Wildman–Crippen MR) is 57.4 cm³/mol. The molecule has 1 aromatic rings. The van der Waals surface area contributed by atoms with Gasteiger partial charge in [0.25, 0.3) is 12.1 Å². The van der Waals surface area contributed by atoms with Crippen LogP contribution in [0.4, 0.5) is 14.5 Å². The highest BCUT2D eigenvalue weighted by atomic mass is 19.3. The number of Topliss-reactive ketones (excluding diaryl/α,β-unsaturated/α-hetero) is 1. The Morgan fingerprint density at radius 3 is 2.41 bits per heavy atom. The van der Waals surface area contributed by atoms with Crippen LogP contribution in [0.25, 0.3) is 0 Å². The normalized spacial score (nSPS) is 10.6. The Morgan fingerprint density at radius 2 is 2.06 bits per heavy atom. The molecule has 0 radical (unpaired) electrons. The van der Waals surface area contributed by atoms with Gasteiger partial charge < -0.3 is 0 Å². The van der Waals surface area contributed by atoms with Crippen LogP contribution in [-0.2, 0) is 6.42 Å². The molecular formula is C11H11F2NO3. The van der Waals surface area contributed by atoms with Crippen molar-refractivity contribution in [1.82, 2.24) is 0 Å². The summed E-state index contributed by atoms with van der Waals surface area (Å²) in [6.07, 6.45) is -2.60. The number of halogens is 2. The van der Waals surface area contributed by atoms with Gasteiger partial charge in [-0.1, -0.05) is 6.92 Å². The predicted octanol–water partition coefficient (Wildman–Crippen LogP) is 3.30. The van der Waals surface area contributed by atoms with Crippen LogP contribution in [0.5, 0.6) is 0 Å². The first-order chi connectivity index (χ1) is 7.88. The van der Waals surface area contributed by atoms with Crippen molar-refractivity contribution in [2.45, 2.75) is 26.7 Å². The smallest absolute Gasteiger partial charge is 0.278 e. The first-order valence-electron chi connectivity index (χ1n) is 4.98. The van der Waals surface area contributed by atoms with Crippen LogP contribution in [0.3, 0.4) is 0 Å². The molecule has 0 amide bonds. The van der Waals surface area contributed by atoms with Gasteiger partial charge in [0.05, 0.1) is 10.5 Å². The molecule has 0 aromatic heterocycles. The van der Waals surface area contributed by atoms with E-state index in [9.17, 15) is 23.7 Å². The summed E-state index contributed by atoms with van der Waals surface area (Å²) in [5, 5.41) is 10.7. The third kappa shape index (κ3) is 2.64. The number of nitro groups is 1. The fourth-order valence-electron chi connectivity index (χ4n) is 1.60. The van der Waals surface area contributed by atoms with Crippen LogP contribution < -0.4 is 0 Å². The van der Waals surface area contributed by atoms with Gasteiger partial charge in [0.1, 0.15) is 0 Å². The molecule has 1 rings (SSSR count). The van der Waals surface area contributed by atoms with E-state index >= 15 is 0 Å². The van der Waals surface area contributed by atoms with Crippen LogP contribution in [0, 0.1) is 10.1 Å². The summed E-state index contributed by atoms with van der Waals surface area (Å²) in [6.45, 7) is 2.95. The molecule has 17 heavy (non-hydrogen) atoms. The summed E-state index contributed by atoms with van der Waals surface area (Å²) >= 11 is 0. The van der Waals surface area contributed by atoms with Gasteiger partial charge >= 0.3 is 0 Å². The highest BCUT2D eigenvalue weighted by Gasteiger charge is 2.24. The molecule has 0 aliphatic carbocycles. The van der Waals surface area contributed by atoms with Gasteiger partial charge in [-0.3, -0.25) is 14.9 Å². The molecule has 92 valence electrons. The zero-order chi connectivity index (χ0) is 13.2. The standard InChI is InChI=1S/C11H11F2NO3/c1-3-7-4-10(14(16)17)9(11(12)13)5-8(7)6(2)15/h4-5,11H,3H2,1-2H3. The van der Waals surface area contributed by atoms with Gasteiger partial charge in [-0.15, -0.1) is 0 Å². The number of rotatable bonds is 4. The van der Waals surface area contributed by atoms with E-state index in [1.165, 1.54) is 6.92 Å². The number of nitrogens with zero attached hydrogens (tertiary/aromatic N) is 1. The fraction of sp³-hybridized carbons (Fsp3) is 0.364. The minimum atomic E-state index is -2.97. The second-order valence-electron chi connectivity index (χ2n) is 3.54. The quantitative estimate of drug-likeness (QED) is 0.463. The number of alkyl halides is 2. The van der Waals surface area contributed by atoms with Crippen molar-refractivity contribution in [2.24, 2.45) is 0 Å². The molecule has 0 fully saturated rings. The number of aryl methyl sites for hydroxylation is 1. The number of carbonyl (C=O) groups excluding carboxylic acids is 1. The highest BCUT2D eigenvalue weighted by molar-refractivity contribution is 5.96. The number of hydrogen-bond donors (Lipinski definition) is 0. The van der Waals surface area contributed by atoms with E-state index in [1.54, 1.807) is 6.92 Å². The maximum atomic E-state index is 12.7. The zero-order valence-corrected chi connectivity index (χ0v) is 9.37. The van der Waals surface area contributed by atoms with Crippen molar-refractivity contribution < 1.29 is 18.5 Å². The molecule has 1 aromatic carbocycles. The molecule has 0 aliphatic rings. The largest absolute Gasteiger partial charge is 0.295 e. The topological polar surface area (TPSA) is 60.2 Å². The SMILES string of the molecule is CCc1cc([N+](=O)[O-])c(C(F)F)cc1C(C)=O. The molecule has 0 unspecified atom stereocenters. The monoisotopic (exact) mass is 243 g/mol. The van der Waals surface area contributed by atoms with Gasteiger partial charge in [0, 0.05) is 11.6 Å². The van der Waals surface area contributed by atoms with Crippen molar-refractivity contribution in [3.63, 3.8) is 0 Å². The number of nitro benzene ring substituents is 1. The van der Waals surface area contributed by atoms with E-state index in [0.717, 1.165) is 12.1 Å². The van der Waals surface area contributed by atoms with Crippen LogP contribution in [-0.4, -0.2) is 10.7 Å². The lowest BCUT2D eigenvalue weighted by Crippen LogP contribution is -2.04. The van der Waals surface area contributed by atoms with Crippen LogP contribution in [0.2, 0.25) is 0 Å². The van der Waals surface area contributed by atoms with E-state index in [-0.39, 0.29) is 11.3 Å². The van der Waals surface area contributed by atoms with Crippen LogP contribution in [0.1, 0.15) is 41.8 Å². The maximum Gasteiger partial charge on any atom is 0.278 e. The van der Waals surface area contributed by atoms with Crippen LogP contribution >= 0.6 is 0 Å². The Hall–Kier alpha value is -1.85. The lowest BCUT2D eigenvalue weighted by Gasteiger charge is -2.08. The fourth-order valence-corrected chi connectivity index (χ4v) is 1.60. The minimum absolute atomic E-state index is 0.119. The van der Waals surface area contributed by atoms with E-state index in [1.807, 2.05) is 0 Å². The van der Waals surface area contributed by atoms with E-state index < -0.39 is 22.6 Å². The molecule has 0 heterocycles. The molecule has 0 saturated heterocycles. The Labute approximate surface area is 96.4 Å². The Morgan fingerprint density at radius 1 is 1.47 bits per heavy atom. The van der Waals surface area contributed by atoms with Crippen LogP contribution in [0.15, 0.2) is 12.1 Å². The first-order valence-corrected chi connectivity index (χ1v) is 4.98. The third-order valence-electron chi connectivity index (χ3n) is 2.44. The number of ketones is 1. The van der Waals surface area contributed by atoms with Gasteiger partial charge in [0.15, 0.2) is 5.78 Å². The lowest BCUT2D eigenvalue weighted by molar-refractivity contribution is -0.386. The summed E-state index contributed by atoms with van der Waals surface area (Å²) in [5.74, 6) is -0.376. The average molecular weight is 243 g/mol. The van der Waals surface area contributed by atoms with E-state index in [4.69, 9.17) is 0 Å². The molecule has 6 heteroatoms. The van der Waals surface area contributed by atoms with Crippen molar-refractivity contribution in [3.8, 4) is 0 Å². The molecular weight excluding hydrogens is 232 g/mol. The van der Waals surface area contributed by atoms with Crippen molar-refractivity contribution in [3.05, 3.63) is 38.9 Å². The van der Waals surface area contributed by atoms with Gasteiger partial charge in [-0.05, 0) is 25.0 Å². The van der Waals surface area contributed by atoms with E-state index in [0.29, 0.717) is 12.0 Å². The van der Waals surface area contributed by atoms with Crippen molar-refractivity contribution in [1.29, 1.82) is 0 Å². The second-order valence-corrected chi connectivity index (χ2v) is 3.54. The molecule has 0 aliphatic heterocycles. The molecule has 0 N–H and O–H groups in total. The number of benzene rings is 1. The van der Waals surface area contributed by atoms with Crippen molar-refractivity contribution >= 4 is 11.5 Å². The molecule has 0 saturated carbocycles. The Bertz CT molecular complexity index is 472. The molecule has 0 atom stereocenters. The number of hydrogen-bond acceptors (Lipinski definition) is 3. The van der Waals surface area contributed by atoms with Gasteiger partial charge in [0.2, 0.25) is 0 Å². The summed E-state index contributed by atoms with van der Waals surface area (Å²) < 4.78 is 25.3. The van der Waals surface area contributed by atoms with E-state index in [2.05, 4.69) is 0 Å². The Kier molecular flexibility index (Phi) is 3.88. The number of carbonyl (C=O) groups is 1. The van der Waals surface area contributed by atoms with Gasteiger partial charge in [-0.2, -0.15) is 0 Å².